The third-order valence-corrected chi connectivity index (χ3v) is 2.65. The summed E-state index contributed by atoms with van der Waals surface area (Å²) in [4.78, 5) is 7.54. The third-order valence-electron chi connectivity index (χ3n) is 2.65. The van der Waals surface area contributed by atoms with E-state index in [-0.39, 0.29) is 0 Å². The third kappa shape index (κ3) is 1.25. The minimum atomic E-state index is 0.528. The molecule has 0 bridgehead atoms. The quantitative estimate of drug-likeness (QED) is 0.534. The highest BCUT2D eigenvalue weighted by atomic mass is 14.8. The summed E-state index contributed by atoms with van der Waals surface area (Å²) in [5.74, 6) is 0. The second-order valence-electron chi connectivity index (χ2n) is 3.27. The van der Waals surface area contributed by atoms with Gasteiger partial charge in [0.1, 0.15) is 5.69 Å². The predicted molar refractivity (Wildman–Crippen MR) is 62.2 cm³/mol. The van der Waals surface area contributed by atoms with Gasteiger partial charge in [0, 0.05) is 0 Å². The lowest BCUT2D eigenvalue weighted by Crippen LogP contribution is -1.96. The summed E-state index contributed by atoms with van der Waals surface area (Å²) in [7, 11) is 0. The zero-order valence-corrected chi connectivity index (χ0v) is 8.76. The lowest BCUT2D eigenvalue weighted by Gasteiger charge is -2.08. The lowest BCUT2D eigenvalue weighted by atomic mass is 9.99. The molecule has 0 saturated heterocycles. The molecule has 0 spiro atoms. The van der Waals surface area contributed by atoms with Crippen molar-refractivity contribution in [3.63, 3.8) is 0 Å². The van der Waals surface area contributed by atoms with E-state index in [1.165, 1.54) is 0 Å². The first-order chi connectivity index (χ1) is 6.54. The van der Waals surface area contributed by atoms with E-state index >= 15 is 0 Å². The Morgan fingerprint density at radius 3 is 2.21 bits per heavy atom. The van der Waals surface area contributed by atoms with Crippen molar-refractivity contribution in [2.24, 2.45) is 4.99 Å². The van der Waals surface area contributed by atoms with Gasteiger partial charge in [-0.3, -0.25) is 4.99 Å². The summed E-state index contributed by atoms with van der Waals surface area (Å²) < 4.78 is 0. The second kappa shape index (κ2) is 3.51. The Labute approximate surface area is 84.1 Å². The van der Waals surface area contributed by atoms with Crippen molar-refractivity contribution in [3.8, 4) is 6.57 Å². The topological polar surface area (TPSA) is 42.7 Å². The first-order valence-corrected chi connectivity index (χ1v) is 4.31. The number of benzene rings is 1. The molecule has 0 fully saturated rings. The van der Waals surface area contributed by atoms with Crippen LogP contribution < -0.4 is 5.73 Å². The maximum atomic E-state index is 5.88. The zero-order valence-electron chi connectivity index (χ0n) is 8.76. The number of anilines is 1. The Morgan fingerprint density at radius 1 is 1.21 bits per heavy atom. The van der Waals surface area contributed by atoms with E-state index in [1.807, 2.05) is 20.8 Å². The summed E-state index contributed by atoms with van der Waals surface area (Å²) >= 11 is 0. The van der Waals surface area contributed by atoms with Crippen molar-refractivity contribution < 1.29 is 0 Å². The van der Waals surface area contributed by atoms with Crippen LogP contribution in [0.2, 0.25) is 0 Å². The van der Waals surface area contributed by atoms with Crippen molar-refractivity contribution >= 4 is 23.8 Å². The van der Waals surface area contributed by atoms with Crippen LogP contribution >= 0.6 is 0 Å². The summed E-state index contributed by atoms with van der Waals surface area (Å²) in [6, 6.07) is 0. The number of aliphatic imine (C=N–C) groups is 1. The van der Waals surface area contributed by atoms with Crippen molar-refractivity contribution in [2.45, 2.75) is 20.8 Å². The Morgan fingerprint density at radius 2 is 1.79 bits per heavy atom. The van der Waals surface area contributed by atoms with Crippen LogP contribution in [-0.2, 0) is 0 Å². The molecule has 14 heavy (non-hydrogen) atoms. The summed E-state index contributed by atoms with van der Waals surface area (Å²) in [5.41, 5.74) is 10.8. The van der Waals surface area contributed by atoms with Crippen LogP contribution in [0.15, 0.2) is 4.99 Å². The lowest BCUT2D eigenvalue weighted by molar-refractivity contribution is 1.26. The maximum Gasteiger partial charge on any atom is 0.388 e. The predicted octanol–water partition coefficient (Wildman–Crippen LogP) is 3.12. The van der Waals surface area contributed by atoms with Crippen LogP contribution in [0.1, 0.15) is 16.7 Å². The number of hydrogen-bond acceptors (Lipinski definition) is 2. The normalized spacial score (nSPS) is 9.57. The van der Waals surface area contributed by atoms with Gasteiger partial charge in [0.25, 0.3) is 6.57 Å². The number of rotatable bonds is 1. The molecule has 2 N–H and O–H groups in total. The molecule has 1 aromatic rings. The average Bonchev–Trinajstić information content (AvgIpc) is 2.20. The number of nitrogens with two attached hydrogens (primary N) is 1. The molecule has 1 aromatic carbocycles. The Bertz CT molecular complexity index is 439. The monoisotopic (exact) mass is 188 g/mol. The van der Waals surface area contributed by atoms with Crippen LogP contribution in [0, 0.1) is 27.3 Å². The van der Waals surface area contributed by atoms with Crippen LogP contribution in [0.3, 0.4) is 0 Å². The minimum Gasteiger partial charge on any atom is -0.392 e. The van der Waals surface area contributed by atoms with Crippen LogP contribution in [0.4, 0.5) is 17.1 Å². The Kier molecular flexibility index (Phi) is 2.57. The van der Waals surface area contributed by atoms with Gasteiger partial charge in [-0.15, -0.1) is 0 Å². The smallest absolute Gasteiger partial charge is 0.388 e. The molecule has 0 unspecified atom stereocenters. The van der Waals surface area contributed by atoms with E-state index in [1.54, 1.807) is 0 Å². The Balaban J connectivity index is 3.76. The summed E-state index contributed by atoms with van der Waals surface area (Å²) in [5, 5.41) is 0. The zero-order chi connectivity index (χ0) is 10.9. The molecule has 0 saturated carbocycles. The van der Waals surface area contributed by atoms with E-state index in [2.05, 4.69) is 16.6 Å². The number of nitrogen functional groups attached to an aromatic ring is 1. The van der Waals surface area contributed by atoms with Gasteiger partial charge in [0.2, 0.25) is 0 Å². The standard InChI is InChI=1S/C11H14N3/c1-6-7(2)9(12)11(14-5)10(13-4)8(6)3/h5H,4,12H2,1-3H3/q+1. The molecule has 72 valence electrons. The first kappa shape index (κ1) is 10.3. The van der Waals surface area contributed by atoms with Gasteiger partial charge in [-0.2, -0.15) is 0 Å². The molecule has 0 atom stereocenters. The molecule has 3 heteroatoms. The first-order valence-electron chi connectivity index (χ1n) is 4.31. The molecule has 0 radical (unpaired) electrons. The fraction of sp³-hybridized carbons (Fsp3) is 0.273. The van der Waals surface area contributed by atoms with Gasteiger partial charge in [-0.05, 0) is 49.0 Å². The SMILES string of the molecule is C#[N+]c1c(N)c(C)c(C)c(C)c1N=C. The van der Waals surface area contributed by atoms with E-state index in [9.17, 15) is 0 Å². The molecule has 0 aliphatic heterocycles. The molecular formula is C11H14N3+. The van der Waals surface area contributed by atoms with Gasteiger partial charge < -0.3 is 5.73 Å². The largest absolute Gasteiger partial charge is 0.392 e. The van der Waals surface area contributed by atoms with Gasteiger partial charge in [-0.1, -0.05) is 0 Å². The highest BCUT2D eigenvalue weighted by Crippen LogP contribution is 2.41. The van der Waals surface area contributed by atoms with Crippen molar-refractivity contribution in [2.75, 3.05) is 5.73 Å². The van der Waals surface area contributed by atoms with Gasteiger partial charge in [-0.25, -0.2) is 0 Å². The molecule has 0 aliphatic carbocycles. The Hall–Kier alpha value is -1.82. The fourth-order valence-electron chi connectivity index (χ4n) is 1.47. The van der Waals surface area contributed by atoms with Crippen LogP contribution in [-0.4, -0.2) is 6.72 Å². The molecular weight excluding hydrogens is 174 g/mol. The van der Waals surface area contributed by atoms with Gasteiger partial charge in [0.05, 0.1) is 0 Å². The molecule has 1 rings (SSSR count). The summed E-state index contributed by atoms with van der Waals surface area (Å²) in [6.07, 6.45) is 0. The average molecular weight is 188 g/mol. The van der Waals surface area contributed by atoms with Crippen molar-refractivity contribution in [1.82, 2.24) is 0 Å². The van der Waals surface area contributed by atoms with Gasteiger partial charge >= 0.3 is 5.69 Å². The molecule has 0 aliphatic rings. The molecule has 3 nitrogen and oxygen atoms in total. The number of nitrogens with zero attached hydrogens (tertiary/aromatic N) is 2. The fourth-order valence-corrected chi connectivity index (χ4v) is 1.47. The van der Waals surface area contributed by atoms with Crippen molar-refractivity contribution in [3.05, 3.63) is 21.5 Å². The van der Waals surface area contributed by atoms with E-state index in [4.69, 9.17) is 12.3 Å². The molecule has 0 aromatic heterocycles. The highest BCUT2D eigenvalue weighted by molar-refractivity contribution is 5.87. The van der Waals surface area contributed by atoms with Crippen LogP contribution in [0.25, 0.3) is 4.85 Å². The molecule has 0 heterocycles. The summed E-state index contributed by atoms with van der Waals surface area (Å²) in [6.45, 7) is 14.7. The number of hydrogen-bond donors (Lipinski definition) is 1. The van der Waals surface area contributed by atoms with E-state index < -0.39 is 0 Å². The van der Waals surface area contributed by atoms with Crippen molar-refractivity contribution in [1.29, 1.82) is 0 Å². The van der Waals surface area contributed by atoms with E-state index in [0.29, 0.717) is 17.1 Å². The van der Waals surface area contributed by atoms with E-state index in [0.717, 1.165) is 16.7 Å². The minimum absolute atomic E-state index is 0.528. The highest BCUT2D eigenvalue weighted by Gasteiger charge is 2.21. The molecule has 0 amide bonds. The van der Waals surface area contributed by atoms with Gasteiger partial charge in [0.15, 0.2) is 5.69 Å². The van der Waals surface area contributed by atoms with Crippen LogP contribution in [0.5, 0.6) is 0 Å². The maximum absolute atomic E-state index is 5.88. The second-order valence-corrected chi connectivity index (χ2v) is 3.27.